The largest absolute Gasteiger partial charge is 0.494 e. The molecule has 4 amide bonds. The van der Waals surface area contributed by atoms with Gasteiger partial charge in [-0.25, -0.2) is 0 Å². The number of benzene rings is 3. The lowest BCUT2D eigenvalue weighted by molar-refractivity contribution is -0.144. The lowest BCUT2D eigenvalue weighted by atomic mass is 9.85. The molecule has 3 N–H and O–H groups in total. The number of likely N-dealkylation sites (tertiary alicyclic amines) is 1. The summed E-state index contributed by atoms with van der Waals surface area (Å²) in [6, 6.07) is 17.3. The highest BCUT2D eigenvalue weighted by molar-refractivity contribution is 7.81. The van der Waals surface area contributed by atoms with Gasteiger partial charge in [0.1, 0.15) is 23.4 Å². The first-order valence-corrected chi connectivity index (χ1v) is 24.0. The monoisotopic (exact) mass is 975 g/mol. The average molecular weight is 976 g/mol. The second kappa shape index (κ2) is 22.4. The number of alkyl halides is 3. The Balaban J connectivity index is 0.908. The van der Waals surface area contributed by atoms with Crippen LogP contribution in [0, 0.1) is 16.7 Å². The van der Waals surface area contributed by atoms with E-state index in [4.69, 9.17) is 26.4 Å². The molecular weight excluding hydrogens is 912 g/mol. The highest BCUT2D eigenvalue weighted by Crippen LogP contribution is 2.40. The van der Waals surface area contributed by atoms with E-state index in [1.807, 2.05) is 45.0 Å². The van der Waals surface area contributed by atoms with Gasteiger partial charge in [0.05, 0.1) is 47.7 Å². The molecule has 2 aliphatic heterocycles. The molecule has 6 rings (SSSR count). The predicted molar refractivity (Wildman–Crippen MR) is 259 cm³/mol. The van der Waals surface area contributed by atoms with Gasteiger partial charge in [-0.2, -0.15) is 18.4 Å². The van der Waals surface area contributed by atoms with Crippen LogP contribution in [0.2, 0.25) is 0 Å². The normalized spacial score (nSPS) is 19.8. The van der Waals surface area contributed by atoms with Gasteiger partial charge in [-0.05, 0) is 138 Å². The summed E-state index contributed by atoms with van der Waals surface area (Å²) in [6.45, 7) is 13.2. The lowest BCUT2D eigenvalue weighted by Gasteiger charge is -2.36. The van der Waals surface area contributed by atoms with Crippen molar-refractivity contribution in [2.45, 2.75) is 128 Å². The molecule has 0 aromatic heterocycles. The zero-order valence-corrected chi connectivity index (χ0v) is 41.2. The van der Waals surface area contributed by atoms with Crippen molar-refractivity contribution in [3.8, 4) is 11.8 Å². The second-order valence-corrected chi connectivity index (χ2v) is 19.7. The molecule has 372 valence electrons. The van der Waals surface area contributed by atoms with Crippen molar-refractivity contribution in [1.29, 1.82) is 5.26 Å². The van der Waals surface area contributed by atoms with E-state index < -0.39 is 52.3 Å². The van der Waals surface area contributed by atoms with Gasteiger partial charge in [0, 0.05) is 38.5 Å². The number of hydrogen-bond acceptors (Lipinski definition) is 10. The molecule has 14 nitrogen and oxygen atoms in total. The summed E-state index contributed by atoms with van der Waals surface area (Å²) in [7, 11) is 1.69. The van der Waals surface area contributed by atoms with Crippen LogP contribution < -0.4 is 30.5 Å². The Bertz CT molecular complexity index is 2390. The molecule has 2 fully saturated rings. The lowest BCUT2D eigenvalue weighted by Crippen LogP contribution is -2.59. The number of carbonyl (C=O) groups is 4. The molecule has 2 heterocycles. The third kappa shape index (κ3) is 12.2. The maximum absolute atomic E-state index is 14.0. The molecule has 3 aliphatic rings. The molecule has 0 radical (unpaired) electrons. The minimum atomic E-state index is -4.79. The van der Waals surface area contributed by atoms with Crippen LogP contribution in [-0.2, 0) is 41.2 Å². The number of thiocarbonyl (C=S) groups is 1. The van der Waals surface area contributed by atoms with Crippen molar-refractivity contribution in [2.75, 3.05) is 49.8 Å². The van der Waals surface area contributed by atoms with Crippen molar-refractivity contribution in [3.63, 3.8) is 0 Å². The number of amides is 4. The van der Waals surface area contributed by atoms with Gasteiger partial charge in [-0.15, -0.1) is 0 Å². The Hall–Kier alpha value is -5.61. The number of carbonyl (C=O) groups excluding carboxylic acids is 4. The van der Waals surface area contributed by atoms with Crippen molar-refractivity contribution >= 4 is 52.3 Å². The summed E-state index contributed by atoms with van der Waals surface area (Å²) in [5, 5.41) is 18.3. The molecule has 3 aromatic carbocycles. The van der Waals surface area contributed by atoms with E-state index in [0.29, 0.717) is 70.1 Å². The number of ether oxygens (including phenoxy) is 3. The van der Waals surface area contributed by atoms with Crippen LogP contribution in [0.3, 0.4) is 0 Å². The fourth-order valence-corrected chi connectivity index (χ4v) is 9.49. The maximum atomic E-state index is 14.0. The van der Waals surface area contributed by atoms with E-state index in [0.717, 1.165) is 47.4 Å². The molecular formula is C51H64F3N7O7S. The van der Waals surface area contributed by atoms with Crippen LogP contribution in [0.1, 0.15) is 108 Å². The van der Waals surface area contributed by atoms with Gasteiger partial charge in [-0.1, -0.05) is 45.0 Å². The highest BCUT2D eigenvalue weighted by atomic mass is 32.1. The van der Waals surface area contributed by atoms with Crippen LogP contribution in [-0.4, -0.2) is 103 Å². The van der Waals surface area contributed by atoms with E-state index >= 15 is 0 Å². The summed E-state index contributed by atoms with van der Waals surface area (Å²) >= 11 is 5.64. The smallest absolute Gasteiger partial charge is 0.417 e. The number of fused-ring (bicyclic) bond motifs is 1. The third-order valence-electron chi connectivity index (χ3n) is 13.0. The number of likely N-dealkylation sites (N-methyl/N-ethyl adjacent to an activating group) is 1. The Labute approximate surface area is 408 Å². The quantitative estimate of drug-likeness (QED) is 0.0765. The zero-order valence-electron chi connectivity index (χ0n) is 40.4. The highest BCUT2D eigenvalue weighted by Gasteiger charge is 2.51. The molecule has 18 heteroatoms. The maximum Gasteiger partial charge on any atom is 0.417 e. The van der Waals surface area contributed by atoms with E-state index in [2.05, 4.69) is 16.0 Å². The Morgan fingerprint density at radius 3 is 2.30 bits per heavy atom. The van der Waals surface area contributed by atoms with E-state index in [9.17, 15) is 37.6 Å². The summed E-state index contributed by atoms with van der Waals surface area (Å²) in [5.74, 6) is -0.674. The van der Waals surface area contributed by atoms with Crippen LogP contribution in [0.25, 0.3) is 0 Å². The molecule has 1 aliphatic carbocycles. The zero-order chi connectivity index (χ0) is 50.3. The number of rotatable bonds is 20. The number of anilines is 2. The summed E-state index contributed by atoms with van der Waals surface area (Å²) < 4.78 is 59.4. The third-order valence-corrected chi connectivity index (χ3v) is 13.3. The second-order valence-electron chi connectivity index (χ2n) is 19.3. The number of halogens is 3. The van der Waals surface area contributed by atoms with Crippen LogP contribution in [0.15, 0.2) is 66.7 Å². The first-order chi connectivity index (χ1) is 32.7. The Kier molecular flexibility index (Phi) is 17.1. The molecule has 69 heavy (non-hydrogen) atoms. The minimum Gasteiger partial charge on any atom is -0.494 e. The summed E-state index contributed by atoms with van der Waals surface area (Å²) in [4.78, 5) is 58.7. The number of unbranched alkanes of at least 4 members (excludes halogenated alkanes) is 2. The summed E-state index contributed by atoms with van der Waals surface area (Å²) in [6.07, 6.45) is -0.0459. The van der Waals surface area contributed by atoms with Crippen molar-refractivity contribution in [2.24, 2.45) is 5.41 Å². The van der Waals surface area contributed by atoms with Crippen LogP contribution in [0.4, 0.5) is 24.5 Å². The van der Waals surface area contributed by atoms with Gasteiger partial charge in [0.2, 0.25) is 17.7 Å². The molecule has 5 atom stereocenters. The van der Waals surface area contributed by atoms with Crippen LogP contribution >= 0.6 is 12.2 Å². The average Bonchev–Trinajstić information content (AvgIpc) is 3.99. The molecule has 0 bridgehead atoms. The van der Waals surface area contributed by atoms with Crippen molar-refractivity contribution < 1.29 is 46.6 Å². The Morgan fingerprint density at radius 1 is 0.942 bits per heavy atom. The Morgan fingerprint density at radius 2 is 1.62 bits per heavy atom. The summed E-state index contributed by atoms with van der Waals surface area (Å²) in [5.41, 5.74) is -0.874. The standard InChI is InChI=1S/C51H64F3N7O7S/c1-32(56-7)44(62)58-43(49(2,3)4)46(64)59-24-13-17-40(59)45(63)57-42-38-16-10-9-15-33(38)29-41(42)68-28-14-26-66-25-11-8-12-27-67-37-22-20-35(21-23-37)61-48(69)60(47(65)50(61,5)6)36-19-18-34(31-55)39(30-36)51(52,53)54/h9-10,15-16,18-23,30,32,40-43,56H,8,11-14,17,24-29H2,1-7H3,(H,57,63)(H,58,62)/t32-,40-,41+,42-,43+/m0/s1. The predicted octanol–water partition coefficient (Wildman–Crippen LogP) is 7.38. The number of nitrogens with zero attached hydrogens (tertiary/aromatic N) is 4. The molecule has 2 saturated heterocycles. The van der Waals surface area contributed by atoms with Crippen molar-refractivity contribution in [3.05, 3.63) is 89.0 Å². The SMILES string of the molecule is CN[C@@H](C)C(=O)N[C@H](C(=O)N1CCC[C@H]1C(=O)N[C@H]1c2ccccc2C[C@H]1OCCCOCCCCCOc1ccc(N2C(=S)N(c3ccc(C#N)c(C(F)(F)F)c3)C(=O)C2(C)C)cc1)C(C)(C)C. The molecule has 0 saturated carbocycles. The number of nitriles is 1. The van der Waals surface area contributed by atoms with Crippen molar-refractivity contribution in [1.82, 2.24) is 20.9 Å². The van der Waals surface area contributed by atoms with Gasteiger partial charge < -0.3 is 40.0 Å². The number of hydrogen-bond donors (Lipinski definition) is 3. The molecule has 0 unspecified atom stereocenters. The molecule has 0 spiro atoms. The number of nitrogens with one attached hydrogen (secondary N) is 3. The van der Waals surface area contributed by atoms with Gasteiger partial charge in [0.25, 0.3) is 5.91 Å². The van der Waals surface area contributed by atoms with E-state index in [1.165, 1.54) is 6.07 Å². The van der Waals surface area contributed by atoms with E-state index in [-0.39, 0.29) is 40.7 Å². The topological polar surface area (TPSA) is 166 Å². The first-order valence-electron chi connectivity index (χ1n) is 23.6. The molecule has 3 aromatic rings. The van der Waals surface area contributed by atoms with Gasteiger partial charge in [-0.3, -0.25) is 24.1 Å². The first kappa shape index (κ1) is 52.8. The fourth-order valence-electron chi connectivity index (χ4n) is 8.97. The fraction of sp³-hybridized carbons (Fsp3) is 0.529. The van der Waals surface area contributed by atoms with E-state index in [1.54, 1.807) is 68.0 Å². The minimum absolute atomic E-state index is 0.0128. The van der Waals surface area contributed by atoms with Crippen LogP contribution in [0.5, 0.6) is 5.75 Å². The van der Waals surface area contributed by atoms with Gasteiger partial charge >= 0.3 is 6.18 Å². The van der Waals surface area contributed by atoms with Gasteiger partial charge in [0.15, 0.2) is 5.11 Å².